The Morgan fingerprint density at radius 2 is 1.58 bits per heavy atom. The van der Waals surface area contributed by atoms with Crippen LogP contribution >= 0.6 is 0 Å². The van der Waals surface area contributed by atoms with E-state index < -0.39 is 10.0 Å². The summed E-state index contributed by atoms with van der Waals surface area (Å²) in [5.41, 5.74) is 6.47. The van der Waals surface area contributed by atoms with Crippen molar-refractivity contribution in [2.75, 3.05) is 37.0 Å². The molecule has 1 aliphatic rings. The van der Waals surface area contributed by atoms with E-state index in [0.29, 0.717) is 30.8 Å². The molecular weight excluding hydrogens is 354 g/mol. The molecule has 4 N–H and O–H groups in total. The van der Waals surface area contributed by atoms with E-state index in [0.717, 1.165) is 25.7 Å². The van der Waals surface area contributed by atoms with Gasteiger partial charge in [0.2, 0.25) is 21.9 Å². The van der Waals surface area contributed by atoms with Crippen LogP contribution in [-0.4, -0.2) is 60.1 Å². The molecule has 9 nitrogen and oxygen atoms in total. The highest BCUT2D eigenvalue weighted by atomic mass is 32.2. The molecule has 1 unspecified atom stereocenters. The second-order valence-electron chi connectivity index (χ2n) is 6.78. The molecule has 0 radical (unpaired) electrons. The van der Waals surface area contributed by atoms with Crippen LogP contribution in [0, 0.1) is 5.92 Å². The average Bonchev–Trinajstić information content (AvgIpc) is 2.60. The van der Waals surface area contributed by atoms with Crippen LogP contribution in [0.4, 0.5) is 11.9 Å². The van der Waals surface area contributed by atoms with E-state index in [1.165, 1.54) is 10.6 Å². The van der Waals surface area contributed by atoms with Crippen molar-refractivity contribution in [2.24, 2.45) is 11.7 Å². The number of sulfonamides is 1. The first-order valence-electron chi connectivity index (χ1n) is 9.18. The Morgan fingerprint density at radius 1 is 1.08 bits per heavy atom. The molecule has 0 saturated heterocycles. The fraction of sp³-hybridized carbons (Fsp3) is 0.812. The molecular formula is C16H31N7O2S. The molecule has 1 aliphatic carbocycles. The van der Waals surface area contributed by atoms with Gasteiger partial charge in [0.25, 0.3) is 0 Å². The van der Waals surface area contributed by atoms with Crippen molar-refractivity contribution in [1.29, 1.82) is 0 Å². The molecule has 1 aromatic rings. The van der Waals surface area contributed by atoms with Gasteiger partial charge in [-0.25, -0.2) is 12.7 Å². The standard InChI is InChI=1S/C16H31N7O2S/c1-5-18-15-20-14(21-16(22-15)19-6-2)13(17)11-7-9-12(10-8-11)23(3)26(4,24)25/h11-13H,5-10,17H2,1-4H3,(H2,18,19,20,21,22). The molecule has 1 saturated carbocycles. The van der Waals surface area contributed by atoms with Crippen molar-refractivity contribution in [3.05, 3.63) is 5.82 Å². The summed E-state index contributed by atoms with van der Waals surface area (Å²) in [4.78, 5) is 13.3. The van der Waals surface area contributed by atoms with E-state index in [1.807, 2.05) is 13.8 Å². The first-order chi connectivity index (χ1) is 12.3. The lowest BCUT2D eigenvalue weighted by Gasteiger charge is -2.35. The maximum atomic E-state index is 11.7. The lowest BCUT2D eigenvalue weighted by molar-refractivity contribution is 0.214. The lowest BCUT2D eigenvalue weighted by Crippen LogP contribution is -2.40. The third-order valence-corrected chi connectivity index (χ3v) is 6.25. The van der Waals surface area contributed by atoms with Gasteiger partial charge in [0.1, 0.15) is 0 Å². The second kappa shape index (κ2) is 8.92. The number of anilines is 2. The van der Waals surface area contributed by atoms with Crippen molar-refractivity contribution >= 4 is 21.9 Å². The summed E-state index contributed by atoms with van der Waals surface area (Å²) in [6.07, 6.45) is 4.55. The first kappa shape index (κ1) is 20.8. The van der Waals surface area contributed by atoms with Gasteiger partial charge in [0, 0.05) is 26.2 Å². The zero-order valence-corrected chi connectivity index (χ0v) is 16.9. The summed E-state index contributed by atoms with van der Waals surface area (Å²) in [5.74, 6) is 1.85. The normalized spacial score (nSPS) is 22.2. The SMILES string of the molecule is CCNc1nc(NCC)nc(C(N)C2CCC(N(C)S(C)(=O)=O)CC2)n1. The smallest absolute Gasteiger partial charge is 0.227 e. The summed E-state index contributed by atoms with van der Waals surface area (Å²) >= 11 is 0. The minimum absolute atomic E-state index is 0.0430. The van der Waals surface area contributed by atoms with Crippen molar-refractivity contribution in [2.45, 2.75) is 51.6 Å². The van der Waals surface area contributed by atoms with Crippen molar-refractivity contribution in [1.82, 2.24) is 19.3 Å². The maximum absolute atomic E-state index is 11.7. The van der Waals surface area contributed by atoms with Crippen molar-refractivity contribution < 1.29 is 8.42 Å². The Labute approximate surface area is 156 Å². The number of rotatable bonds is 8. The van der Waals surface area contributed by atoms with Crippen LogP contribution in [-0.2, 0) is 10.0 Å². The molecule has 1 fully saturated rings. The largest absolute Gasteiger partial charge is 0.354 e. The summed E-state index contributed by atoms with van der Waals surface area (Å²) in [5, 5.41) is 6.22. The molecule has 0 aliphatic heterocycles. The van der Waals surface area contributed by atoms with E-state index in [1.54, 1.807) is 7.05 Å². The molecule has 1 aromatic heterocycles. The molecule has 2 rings (SSSR count). The number of nitrogens with zero attached hydrogens (tertiary/aromatic N) is 4. The fourth-order valence-corrected chi connectivity index (χ4v) is 4.07. The number of hydrogen-bond donors (Lipinski definition) is 3. The van der Waals surface area contributed by atoms with Crippen LogP contribution in [0.1, 0.15) is 51.4 Å². The van der Waals surface area contributed by atoms with Gasteiger partial charge >= 0.3 is 0 Å². The number of aromatic nitrogens is 3. The van der Waals surface area contributed by atoms with Gasteiger partial charge in [-0.3, -0.25) is 0 Å². The third-order valence-electron chi connectivity index (χ3n) is 4.91. The monoisotopic (exact) mass is 385 g/mol. The lowest BCUT2D eigenvalue weighted by atomic mass is 9.81. The Hall–Kier alpha value is -1.52. The van der Waals surface area contributed by atoms with E-state index >= 15 is 0 Å². The minimum Gasteiger partial charge on any atom is -0.354 e. The molecule has 0 bridgehead atoms. The zero-order chi connectivity index (χ0) is 19.3. The molecule has 26 heavy (non-hydrogen) atoms. The van der Waals surface area contributed by atoms with Crippen molar-refractivity contribution in [3.8, 4) is 0 Å². The van der Waals surface area contributed by atoms with Gasteiger partial charge in [-0.2, -0.15) is 15.0 Å². The Balaban J connectivity index is 2.08. The van der Waals surface area contributed by atoms with Gasteiger partial charge in [-0.1, -0.05) is 0 Å². The molecule has 1 atom stereocenters. The number of nitrogens with two attached hydrogens (primary N) is 1. The Morgan fingerprint density at radius 3 is 2.00 bits per heavy atom. The van der Waals surface area contributed by atoms with Crippen molar-refractivity contribution in [3.63, 3.8) is 0 Å². The van der Waals surface area contributed by atoms with Crippen LogP contribution in [0.15, 0.2) is 0 Å². The predicted molar refractivity (Wildman–Crippen MR) is 103 cm³/mol. The fourth-order valence-electron chi connectivity index (χ4n) is 3.32. The highest BCUT2D eigenvalue weighted by Gasteiger charge is 2.32. The summed E-state index contributed by atoms with van der Waals surface area (Å²) in [6, 6.07) is -0.251. The molecule has 148 valence electrons. The van der Waals surface area contributed by atoms with Gasteiger partial charge in [0.05, 0.1) is 12.3 Å². The third kappa shape index (κ3) is 5.24. The van der Waals surface area contributed by atoms with E-state index in [2.05, 4.69) is 25.6 Å². The average molecular weight is 386 g/mol. The molecule has 0 aromatic carbocycles. The molecule has 0 amide bonds. The summed E-state index contributed by atoms with van der Waals surface area (Å²) < 4.78 is 24.9. The topological polar surface area (TPSA) is 126 Å². The van der Waals surface area contributed by atoms with Gasteiger partial charge in [0.15, 0.2) is 5.82 Å². The highest BCUT2D eigenvalue weighted by molar-refractivity contribution is 7.88. The van der Waals surface area contributed by atoms with Crippen LogP contribution < -0.4 is 16.4 Å². The highest BCUT2D eigenvalue weighted by Crippen LogP contribution is 2.34. The summed E-state index contributed by atoms with van der Waals surface area (Å²) in [7, 11) is -1.51. The van der Waals surface area contributed by atoms with Crippen LogP contribution in [0.25, 0.3) is 0 Å². The van der Waals surface area contributed by atoms with Gasteiger partial charge in [-0.05, 0) is 45.4 Å². The van der Waals surface area contributed by atoms with Crippen LogP contribution in [0.5, 0.6) is 0 Å². The molecule has 1 heterocycles. The van der Waals surface area contributed by atoms with Crippen LogP contribution in [0.3, 0.4) is 0 Å². The Kier molecular flexibility index (Phi) is 7.13. The van der Waals surface area contributed by atoms with Gasteiger partial charge < -0.3 is 16.4 Å². The van der Waals surface area contributed by atoms with E-state index in [4.69, 9.17) is 5.73 Å². The van der Waals surface area contributed by atoms with Crippen LogP contribution in [0.2, 0.25) is 0 Å². The maximum Gasteiger partial charge on any atom is 0.227 e. The molecule has 0 spiro atoms. The number of nitrogens with one attached hydrogen (secondary N) is 2. The summed E-state index contributed by atoms with van der Waals surface area (Å²) in [6.45, 7) is 5.39. The Bertz CT molecular complexity index is 666. The molecule has 10 heteroatoms. The number of hydrogen-bond acceptors (Lipinski definition) is 8. The minimum atomic E-state index is -3.16. The first-order valence-corrected chi connectivity index (χ1v) is 11.0. The van der Waals surface area contributed by atoms with E-state index in [9.17, 15) is 8.42 Å². The van der Waals surface area contributed by atoms with Gasteiger partial charge in [-0.15, -0.1) is 0 Å². The predicted octanol–water partition coefficient (Wildman–Crippen LogP) is 1.19. The quantitative estimate of drug-likeness (QED) is 0.609. The zero-order valence-electron chi connectivity index (χ0n) is 16.1. The second-order valence-corrected chi connectivity index (χ2v) is 8.82. The van der Waals surface area contributed by atoms with E-state index in [-0.39, 0.29) is 18.0 Å².